The van der Waals surface area contributed by atoms with Gasteiger partial charge >= 0.3 is 0 Å². The van der Waals surface area contributed by atoms with E-state index >= 15 is 0 Å². The summed E-state index contributed by atoms with van der Waals surface area (Å²) in [6.45, 7) is 8.33. The van der Waals surface area contributed by atoms with Crippen LogP contribution < -0.4 is 0 Å². The van der Waals surface area contributed by atoms with Crippen molar-refractivity contribution in [2.75, 3.05) is 6.61 Å². The summed E-state index contributed by atoms with van der Waals surface area (Å²) in [5, 5.41) is 9.29. The first kappa shape index (κ1) is 10.7. The number of nitrogens with zero attached hydrogens (tertiary/aromatic N) is 1. The van der Waals surface area contributed by atoms with E-state index in [2.05, 4.69) is 20.8 Å². The highest BCUT2D eigenvalue weighted by atomic mass is 16.3. The summed E-state index contributed by atoms with van der Waals surface area (Å²) >= 11 is 0. The Morgan fingerprint density at radius 2 is 2.07 bits per heavy atom. The number of hydrogen-bond donors (Lipinski definition) is 1. The second kappa shape index (κ2) is 3.34. The van der Waals surface area contributed by atoms with Gasteiger partial charge in [0, 0.05) is 11.6 Å². The summed E-state index contributed by atoms with van der Waals surface area (Å²) < 4.78 is 0. The van der Waals surface area contributed by atoms with Crippen LogP contribution >= 0.6 is 0 Å². The highest BCUT2D eigenvalue weighted by Crippen LogP contribution is 2.47. The average Bonchev–Trinajstić information content (AvgIpc) is 2.33. The van der Waals surface area contributed by atoms with Crippen molar-refractivity contribution in [3.05, 3.63) is 11.3 Å². The van der Waals surface area contributed by atoms with Gasteiger partial charge in [-0.25, -0.2) is 0 Å². The molecule has 0 aromatic heterocycles. The van der Waals surface area contributed by atoms with Crippen LogP contribution in [0.1, 0.15) is 27.7 Å². The summed E-state index contributed by atoms with van der Waals surface area (Å²) in [5.74, 6) is 1.11. The summed E-state index contributed by atoms with van der Waals surface area (Å²) in [5.41, 5.74) is 2.02. The molecule has 0 aromatic carbocycles. The largest absolute Gasteiger partial charge is 0.392 e. The van der Waals surface area contributed by atoms with E-state index in [-0.39, 0.29) is 18.4 Å². The molecular weight excluding hydrogens is 190 g/mol. The average molecular weight is 209 g/mol. The number of carbonyl (C=O) groups excluding carboxylic acids is 1. The molecule has 2 rings (SSSR count). The molecule has 1 fully saturated rings. The van der Waals surface area contributed by atoms with Crippen molar-refractivity contribution in [3.8, 4) is 0 Å². The summed E-state index contributed by atoms with van der Waals surface area (Å²) in [6.07, 6.45) is 0. The van der Waals surface area contributed by atoms with Crippen LogP contribution in [-0.4, -0.2) is 28.6 Å². The third-order valence-electron chi connectivity index (χ3n) is 3.97. The van der Waals surface area contributed by atoms with Crippen molar-refractivity contribution in [1.29, 1.82) is 0 Å². The minimum Gasteiger partial charge on any atom is -0.392 e. The van der Waals surface area contributed by atoms with E-state index in [0.717, 1.165) is 11.3 Å². The van der Waals surface area contributed by atoms with Gasteiger partial charge in [0.25, 0.3) is 0 Å². The van der Waals surface area contributed by atoms with E-state index in [1.165, 1.54) is 0 Å². The number of β-lactam (4-membered cyclic amide) rings is 1. The molecular formula is C12H19NO2. The SMILES string of the molecule is CC1=C(CO)[C@H](C)[C@@H]2[C@@H](C(C)C)C(=O)N12. The van der Waals surface area contributed by atoms with E-state index < -0.39 is 0 Å². The van der Waals surface area contributed by atoms with Gasteiger partial charge in [-0.3, -0.25) is 4.79 Å². The Morgan fingerprint density at radius 1 is 1.47 bits per heavy atom. The molecule has 0 radical (unpaired) electrons. The maximum atomic E-state index is 11.9. The number of aliphatic hydroxyl groups excluding tert-OH is 1. The molecule has 3 heteroatoms. The fraction of sp³-hybridized carbons (Fsp3) is 0.750. The van der Waals surface area contributed by atoms with E-state index in [4.69, 9.17) is 0 Å². The molecule has 15 heavy (non-hydrogen) atoms. The molecule has 1 amide bonds. The predicted octanol–water partition coefficient (Wildman–Crippen LogP) is 1.39. The zero-order valence-corrected chi connectivity index (χ0v) is 9.82. The Morgan fingerprint density at radius 3 is 2.53 bits per heavy atom. The Hall–Kier alpha value is -0.830. The first-order valence-electron chi connectivity index (χ1n) is 5.64. The lowest BCUT2D eigenvalue weighted by atomic mass is 9.74. The lowest BCUT2D eigenvalue weighted by molar-refractivity contribution is -0.155. The van der Waals surface area contributed by atoms with Crippen LogP contribution in [0, 0.1) is 17.8 Å². The van der Waals surface area contributed by atoms with Gasteiger partial charge in [0.2, 0.25) is 5.91 Å². The Balaban J connectivity index is 2.29. The number of carbonyl (C=O) groups is 1. The fourth-order valence-corrected chi connectivity index (χ4v) is 3.08. The maximum Gasteiger partial charge on any atom is 0.232 e. The normalized spacial score (nSPS) is 34.9. The molecule has 1 N–H and O–H groups in total. The third-order valence-corrected chi connectivity index (χ3v) is 3.97. The van der Waals surface area contributed by atoms with Crippen LogP contribution in [0.2, 0.25) is 0 Å². The van der Waals surface area contributed by atoms with Crippen molar-refractivity contribution in [3.63, 3.8) is 0 Å². The van der Waals surface area contributed by atoms with Gasteiger partial charge in [-0.1, -0.05) is 20.8 Å². The molecule has 3 nitrogen and oxygen atoms in total. The Kier molecular flexibility index (Phi) is 2.38. The highest BCUT2D eigenvalue weighted by Gasteiger charge is 2.56. The van der Waals surface area contributed by atoms with Crippen molar-refractivity contribution in [2.24, 2.45) is 17.8 Å². The van der Waals surface area contributed by atoms with Crippen LogP contribution in [0.5, 0.6) is 0 Å². The molecule has 0 aliphatic carbocycles. The van der Waals surface area contributed by atoms with E-state index in [1.54, 1.807) is 0 Å². The molecule has 0 unspecified atom stereocenters. The predicted molar refractivity (Wildman–Crippen MR) is 57.9 cm³/mol. The Labute approximate surface area is 90.8 Å². The minimum absolute atomic E-state index is 0.0814. The molecule has 3 atom stereocenters. The number of fused-ring (bicyclic) bond motifs is 1. The molecule has 84 valence electrons. The molecule has 0 saturated carbocycles. The molecule has 0 spiro atoms. The van der Waals surface area contributed by atoms with E-state index in [1.807, 2.05) is 11.8 Å². The first-order chi connectivity index (χ1) is 7.00. The topological polar surface area (TPSA) is 40.5 Å². The van der Waals surface area contributed by atoms with Crippen molar-refractivity contribution >= 4 is 5.91 Å². The number of aliphatic hydroxyl groups is 1. The fourth-order valence-electron chi connectivity index (χ4n) is 3.08. The van der Waals surface area contributed by atoms with E-state index in [0.29, 0.717) is 17.9 Å². The molecule has 0 bridgehead atoms. The molecule has 0 aromatic rings. The smallest absolute Gasteiger partial charge is 0.232 e. The number of rotatable bonds is 2. The zero-order valence-electron chi connectivity index (χ0n) is 9.82. The van der Waals surface area contributed by atoms with Crippen LogP contribution in [0.25, 0.3) is 0 Å². The van der Waals surface area contributed by atoms with E-state index in [9.17, 15) is 9.90 Å². The van der Waals surface area contributed by atoms with Gasteiger partial charge in [-0.05, 0) is 18.4 Å². The van der Waals surface area contributed by atoms with Gasteiger partial charge in [-0.2, -0.15) is 0 Å². The standard InChI is InChI=1S/C12H19NO2/c1-6(2)10-11-7(3)9(5-14)8(4)13(11)12(10)15/h6-7,10-11,14H,5H2,1-4H3/t7-,10+,11+/m0/s1. The van der Waals surface area contributed by atoms with Gasteiger partial charge in [-0.15, -0.1) is 0 Å². The molecule has 2 heterocycles. The zero-order chi connectivity index (χ0) is 11.3. The second-order valence-electron chi connectivity index (χ2n) is 5.03. The second-order valence-corrected chi connectivity index (χ2v) is 5.03. The number of allylic oxidation sites excluding steroid dienone is 1. The lowest BCUT2D eigenvalue weighted by Gasteiger charge is -2.47. The highest BCUT2D eigenvalue weighted by molar-refractivity contribution is 5.89. The lowest BCUT2D eigenvalue weighted by Crippen LogP contribution is -2.61. The van der Waals surface area contributed by atoms with Crippen molar-refractivity contribution < 1.29 is 9.90 Å². The summed E-state index contributed by atoms with van der Waals surface area (Å²) in [4.78, 5) is 13.8. The quantitative estimate of drug-likeness (QED) is 0.698. The minimum atomic E-state index is 0.0814. The van der Waals surface area contributed by atoms with Crippen molar-refractivity contribution in [1.82, 2.24) is 4.90 Å². The number of hydrogen-bond acceptors (Lipinski definition) is 2. The number of amides is 1. The van der Waals surface area contributed by atoms with Crippen LogP contribution in [0.4, 0.5) is 0 Å². The van der Waals surface area contributed by atoms with Crippen molar-refractivity contribution in [2.45, 2.75) is 33.7 Å². The van der Waals surface area contributed by atoms with Crippen LogP contribution in [0.15, 0.2) is 11.3 Å². The van der Waals surface area contributed by atoms with Gasteiger partial charge in [0.15, 0.2) is 0 Å². The molecule has 2 aliphatic heterocycles. The van der Waals surface area contributed by atoms with Gasteiger partial charge < -0.3 is 10.0 Å². The molecule has 1 saturated heterocycles. The maximum absolute atomic E-state index is 11.9. The summed E-state index contributed by atoms with van der Waals surface area (Å²) in [6, 6.07) is 0.305. The van der Waals surface area contributed by atoms with Gasteiger partial charge in [0.05, 0.1) is 18.6 Å². The molecule has 2 aliphatic rings. The monoisotopic (exact) mass is 209 g/mol. The first-order valence-corrected chi connectivity index (χ1v) is 5.64. The third kappa shape index (κ3) is 1.19. The summed E-state index contributed by atoms with van der Waals surface area (Å²) in [7, 11) is 0. The van der Waals surface area contributed by atoms with Crippen LogP contribution in [0.3, 0.4) is 0 Å². The Bertz CT molecular complexity index is 333. The van der Waals surface area contributed by atoms with Crippen LogP contribution in [-0.2, 0) is 4.79 Å². The van der Waals surface area contributed by atoms with Gasteiger partial charge in [0.1, 0.15) is 0 Å².